The molecule has 166 valence electrons. The minimum absolute atomic E-state index is 0.205. The summed E-state index contributed by atoms with van der Waals surface area (Å²) in [5, 5.41) is 3.37. The van der Waals surface area contributed by atoms with Crippen molar-refractivity contribution in [3.05, 3.63) is 94.5 Å². The summed E-state index contributed by atoms with van der Waals surface area (Å²) >= 11 is 0. The summed E-state index contributed by atoms with van der Waals surface area (Å²) in [6, 6.07) is 19.9. The Morgan fingerprint density at radius 1 is 0.750 bits per heavy atom. The van der Waals surface area contributed by atoms with Crippen LogP contribution in [0.1, 0.15) is 51.3 Å². The normalized spacial score (nSPS) is 10.8. The van der Waals surface area contributed by atoms with Crippen molar-refractivity contribution in [3.8, 4) is 11.5 Å². The Morgan fingerprint density at radius 3 is 1.75 bits per heavy atom. The van der Waals surface area contributed by atoms with Crippen LogP contribution in [0.5, 0.6) is 11.5 Å². The first-order valence-electron chi connectivity index (χ1n) is 10.8. The molecule has 0 fully saturated rings. The van der Waals surface area contributed by atoms with Crippen molar-refractivity contribution in [2.24, 2.45) is 0 Å². The van der Waals surface area contributed by atoms with Crippen LogP contribution in [0.15, 0.2) is 66.7 Å². The van der Waals surface area contributed by atoms with Gasteiger partial charge in [-0.15, -0.1) is 0 Å². The molecule has 0 atom stereocenters. The molecule has 0 aliphatic rings. The molecule has 1 N–H and O–H groups in total. The van der Waals surface area contributed by atoms with Crippen molar-refractivity contribution >= 4 is 11.9 Å². The highest BCUT2D eigenvalue weighted by Gasteiger charge is 2.17. The number of benzene rings is 3. The molecule has 0 amide bonds. The fourth-order valence-corrected chi connectivity index (χ4v) is 3.07. The zero-order chi connectivity index (χ0) is 23.1. The number of aryl methyl sites for hydroxylation is 2. The first-order valence-corrected chi connectivity index (χ1v) is 10.8. The van der Waals surface area contributed by atoms with Crippen LogP contribution < -0.4 is 14.8 Å². The summed E-state index contributed by atoms with van der Waals surface area (Å²) in [7, 11) is 0. The first-order chi connectivity index (χ1) is 15.3. The lowest BCUT2D eigenvalue weighted by molar-refractivity contribution is 0.0682. The smallest absolute Gasteiger partial charge is 0.343 e. The molecular weight excluding hydrogens is 402 g/mol. The highest BCUT2D eigenvalue weighted by Crippen LogP contribution is 2.30. The highest BCUT2D eigenvalue weighted by atomic mass is 16.6. The lowest BCUT2D eigenvalue weighted by Crippen LogP contribution is -2.25. The van der Waals surface area contributed by atoms with E-state index in [9.17, 15) is 9.59 Å². The molecule has 5 nitrogen and oxygen atoms in total. The Kier molecular flexibility index (Phi) is 7.79. The number of carbonyl (C=O) groups excluding carboxylic acids is 2. The van der Waals surface area contributed by atoms with Gasteiger partial charge in [0.15, 0.2) is 11.5 Å². The minimum atomic E-state index is -0.508. The van der Waals surface area contributed by atoms with Crippen molar-refractivity contribution in [2.45, 2.75) is 40.2 Å². The predicted molar refractivity (Wildman–Crippen MR) is 126 cm³/mol. The Morgan fingerprint density at radius 2 is 1.25 bits per heavy atom. The second-order valence-electron chi connectivity index (χ2n) is 8.15. The zero-order valence-electron chi connectivity index (χ0n) is 19.0. The van der Waals surface area contributed by atoms with Gasteiger partial charge in [-0.1, -0.05) is 55.3 Å². The van der Waals surface area contributed by atoms with Gasteiger partial charge in [-0.2, -0.15) is 0 Å². The average molecular weight is 432 g/mol. The van der Waals surface area contributed by atoms with E-state index in [0.717, 1.165) is 29.7 Å². The number of hydrogen-bond donors (Lipinski definition) is 1. The van der Waals surface area contributed by atoms with Gasteiger partial charge in [0.25, 0.3) is 0 Å². The fraction of sp³-hybridized carbons (Fsp3) is 0.259. The van der Waals surface area contributed by atoms with Crippen LogP contribution in [0.25, 0.3) is 0 Å². The van der Waals surface area contributed by atoms with Gasteiger partial charge in [0.2, 0.25) is 0 Å². The van der Waals surface area contributed by atoms with Crippen LogP contribution in [0.3, 0.4) is 0 Å². The molecule has 3 aromatic carbocycles. The third kappa shape index (κ3) is 6.53. The Hall–Kier alpha value is -3.44. The molecule has 0 saturated carbocycles. The molecule has 0 radical (unpaired) electrons. The number of ether oxygens (including phenoxy) is 2. The van der Waals surface area contributed by atoms with E-state index in [1.807, 2.05) is 44.2 Å². The van der Waals surface area contributed by atoms with Gasteiger partial charge in [-0.25, -0.2) is 9.59 Å². The van der Waals surface area contributed by atoms with E-state index in [4.69, 9.17) is 9.47 Å². The Balaban J connectivity index is 1.83. The number of nitrogens with one attached hydrogen (secondary N) is 1. The third-order valence-electron chi connectivity index (χ3n) is 4.95. The quantitative estimate of drug-likeness (QED) is 0.388. The molecule has 0 unspecified atom stereocenters. The summed E-state index contributed by atoms with van der Waals surface area (Å²) in [5.41, 5.74) is 3.93. The molecule has 0 bridgehead atoms. The summed E-state index contributed by atoms with van der Waals surface area (Å²) in [4.78, 5) is 25.3. The van der Waals surface area contributed by atoms with Crippen molar-refractivity contribution in [2.75, 3.05) is 6.54 Å². The molecule has 5 heteroatoms. The van der Waals surface area contributed by atoms with Gasteiger partial charge in [-0.3, -0.25) is 0 Å². The van der Waals surface area contributed by atoms with E-state index in [0.29, 0.717) is 17.2 Å². The lowest BCUT2D eigenvalue weighted by atomic mass is 10.1. The number of esters is 2. The molecule has 3 rings (SSSR count). The van der Waals surface area contributed by atoms with Crippen molar-refractivity contribution in [3.63, 3.8) is 0 Å². The largest absolute Gasteiger partial charge is 0.419 e. The summed E-state index contributed by atoms with van der Waals surface area (Å²) in [5.74, 6) is -0.586. The fourth-order valence-electron chi connectivity index (χ4n) is 3.07. The summed E-state index contributed by atoms with van der Waals surface area (Å²) in [6.07, 6.45) is 0.749. The average Bonchev–Trinajstić information content (AvgIpc) is 2.76. The number of rotatable bonds is 8. The maximum Gasteiger partial charge on any atom is 0.343 e. The maximum atomic E-state index is 12.7. The van der Waals surface area contributed by atoms with Gasteiger partial charge >= 0.3 is 11.9 Å². The topological polar surface area (TPSA) is 64.6 Å². The van der Waals surface area contributed by atoms with Crippen molar-refractivity contribution in [1.29, 1.82) is 0 Å². The second-order valence-corrected chi connectivity index (χ2v) is 8.15. The van der Waals surface area contributed by atoms with Crippen LogP contribution >= 0.6 is 0 Å². The van der Waals surface area contributed by atoms with Gasteiger partial charge in [0.05, 0.1) is 11.1 Å². The van der Waals surface area contributed by atoms with E-state index in [2.05, 4.69) is 19.2 Å². The van der Waals surface area contributed by atoms with E-state index in [1.165, 1.54) is 0 Å². The second kappa shape index (κ2) is 10.7. The highest BCUT2D eigenvalue weighted by molar-refractivity contribution is 5.93. The van der Waals surface area contributed by atoms with Crippen LogP contribution in [0, 0.1) is 13.8 Å². The molecule has 0 aliphatic heterocycles. The maximum absolute atomic E-state index is 12.7. The number of carbonyl (C=O) groups is 2. The monoisotopic (exact) mass is 431 g/mol. The van der Waals surface area contributed by atoms with Crippen molar-refractivity contribution in [1.82, 2.24) is 5.32 Å². The van der Waals surface area contributed by atoms with E-state index in [1.54, 1.807) is 36.4 Å². The standard InChI is InChI=1S/C27H29NO4/c1-18(2)28-16-15-21-9-14-24(31-26(29)22-10-5-19(3)6-11-22)25(17-21)32-27(30)23-12-7-20(4)8-13-23/h5-14,17-18,28H,15-16H2,1-4H3. The molecule has 0 spiro atoms. The van der Waals surface area contributed by atoms with E-state index in [-0.39, 0.29) is 11.5 Å². The van der Waals surface area contributed by atoms with Crippen molar-refractivity contribution < 1.29 is 19.1 Å². The molecule has 32 heavy (non-hydrogen) atoms. The predicted octanol–water partition coefficient (Wildman–Crippen LogP) is 5.28. The Bertz CT molecular complexity index is 1070. The first kappa shape index (κ1) is 23.2. The SMILES string of the molecule is Cc1ccc(C(=O)Oc2ccc(CCNC(C)C)cc2OC(=O)c2ccc(C)cc2)cc1. The van der Waals surface area contributed by atoms with Crippen LogP contribution in [0.4, 0.5) is 0 Å². The minimum Gasteiger partial charge on any atom is -0.419 e. The van der Waals surface area contributed by atoms with Crippen LogP contribution in [0.2, 0.25) is 0 Å². The molecule has 0 heterocycles. The molecule has 0 aliphatic carbocycles. The zero-order valence-corrected chi connectivity index (χ0v) is 19.0. The number of hydrogen-bond acceptors (Lipinski definition) is 5. The molecular formula is C27H29NO4. The van der Waals surface area contributed by atoms with Gasteiger partial charge in [-0.05, 0) is 68.8 Å². The molecule has 0 aromatic heterocycles. The van der Waals surface area contributed by atoms with Crippen LogP contribution in [-0.4, -0.2) is 24.5 Å². The van der Waals surface area contributed by atoms with Crippen LogP contribution in [-0.2, 0) is 6.42 Å². The Labute approximate surface area is 189 Å². The van der Waals surface area contributed by atoms with Gasteiger partial charge < -0.3 is 14.8 Å². The third-order valence-corrected chi connectivity index (χ3v) is 4.95. The van der Waals surface area contributed by atoms with E-state index >= 15 is 0 Å². The van der Waals surface area contributed by atoms with E-state index < -0.39 is 11.9 Å². The lowest BCUT2D eigenvalue weighted by Gasteiger charge is -2.13. The molecule has 3 aromatic rings. The summed E-state index contributed by atoms with van der Waals surface area (Å²) < 4.78 is 11.3. The summed E-state index contributed by atoms with van der Waals surface area (Å²) in [6.45, 7) is 8.85. The van der Waals surface area contributed by atoms with Gasteiger partial charge in [0.1, 0.15) is 0 Å². The molecule has 0 saturated heterocycles. The van der Waals surface area contributed by atoms with Gasteiger partial charge in [0, 0.05) is 6.04 Å².